The van der Waals surface area contributed by atoms with Crippen LogP contribution in [0.4, 0.5) is 18.9 Å². The average molecular weight is 288 g/mol. The van der Waals surface area contributed by atoms with Crippen LogP contribution in [-0.2, 0) is 4.79 Å². The van der Waals surface area contributed by atoms with Crippen LogP contribution in [0, 0.1) is 0 Å². The lowest BCUT2D eigenvalue weighted by molar-refractivity contribution is -0.136. The second-order valence-electron chi connectivity index (χ2n) is 4.59. The van der Waals surface area contributed by atoms with Crippen molar-refractivity contribution in [1.82, 2.24) is 5.32 Å². The summed E-state index contributed by atoms with van der Waals surface area (Å²) in [5.41, 5.74) is 1.17. The fraction of sp³-hybridized carbons (Fsp3) is 0.462. The minimum Gasteiger partial charge on any atom is -0.482 e. The molecule has 0 spiro atoms. The number of rotatable bonds is 4. The van der Waals surface area contributed by atoms with E-state index in [2.05, 4.69) is 10.6 Å². The maximum absolute atomic E-state index is 12.3. The molecule has 1 aromatic carbocycles. The molecular formula is C13H15F3N2O2. The lowest BCUT2D eigenvalue weighted by Crippen LogP contribution is -2.26. The molecule has 0 saturated carbocycles. The van der Waals surface area contributed by atoms with Gasteiger partial charge >= 0.3 is 6.18 Å². The van der Waals surface area contributed by atoms with Crippen molar-refractivity contribution in [2.45, 2.75) is 25.1 Å². The van der Waals surface area contributed by atoms with E-state index < -0.39 is 18.6 Å². The highest BCUT2D eigenvalue weighted by atomic mass is 19.4. The van der Waals surface area contributed by atoms with Crippen molar-refractivity contribution < 1.29 is 22.7 Å². The number of nitrogens with one attached hydrogen (secondary N) is 2. The van der Waals surface area contributed by atoms with Gasteiger partial charge in [0.05, 0.1) is 5.69 Å². The van der Waals surface area contributed by atoms with Crippen molar-refractivity contribution >= 4 is 11.6 Å². The van der Waals surface area contributed by atoms with E-state index in [0.29, 0.717) is 17.0 Å². The van der Waals surface area contributed by atoms with Gasteiger partial charge in [-0.05, 0) is 31.2 Å². The summed E-state index contributed by atoms with van der Waals surface area (Å²) >= 11 is 0. The van der Waals surface area contributed by atoms with Gasteiger partial charge in [0.15, 0.2) is 6.61 Å². The summed E-state index contributed by atoms with van der Waals surface area (Å²) in [4.78, 5) is 11.2. The van der Waals surface area contributed by atoms with Gasteiger partial charge in [0.2, 0.25) is 0 Å². The maximum Gasteiger partial charge on any atom is 0.389 e. The Balaban J connectivity index is 2.14. The predicted molar refractivity (Wildman–Crippen MR) is 67.7 cm³/mol. The molecule has 0 bridgehead atoms. The van der Waals surface area contributed by atoms with Crippen LogP contribution in [0.5, 0.6) is 5.75 Å². The molecule has 4 nitrogen and oxygen atoms in total. The molecule has 0 saturated heterocycles. The summed E-state index contributed by atoms with van der Waals surface area (Å²) in [5, 5.41) is 5.49. The molecule has 1 aliphatic rings. The fourth-order valence-electron chi connectivity index (χ4n) is 2.10. The van der Waals surface area contributed by atoms with Gasteiger partial charge in [-0.1, -0.05) is 6.07 Å². The van der Waals surface area contributed by atoms with Crippen molar-refractivity contribution in [3.8, 4) is 5.75 Å². The Morgan fingerprint density at radius 3 is 2.85 bits per heavy atom. The number of anilines is 1. The molecule has 1 heterocycles. The minimum atomic E-state index is -4.18. The first-order chi connectivity index (χ1) is 9.39. The third-order valence-electron chi connectivity index (χ3n) is 3.10. The Morgan fingerprint density at radius 2 is 2.20 bits per heavy atom. The molecule has 0 fully saturated rings. The smallest absolute Gasteiger partial charge is 0.389 e. The van der Waals surface area contributed by atoms with Crippen molar-refractivity contribution in [2.24, 2.45) is 0 Å². The Kier molecular flexibility index (Phi) is 4.17. The second kappa shape index (κ2) is 5.70. The molecule has 2 rings (SSSR count). The van der Waals surface area contributed by atoms with E-state index in [4.69, 9.17) is 4.74 Å². The number of fused-ring (bicyclic) bond motifs is 1. The van der Waals surface area contributed by atoms with E-state index in [1.807, 2.05) is 0 Å². The summed E-state index contributed by atoms with van der Waals surface area (Å²) in [5.74, 6) is 0.255. The molecule has 0 aromatic heterocycles. The monoisotopic (exact) mass is 288 g/mol. The van der Waals surface area contributed by atoms with E-state index in [9.17, 15) is 18.0 Å². The first-order valence-electron chi connectivity index (χ1n) is 6.19. The highest BCUT2D eigenvalue weighted by Crippen LogP contribution is 2.33. The van der Waals surface area contributed by atoms with Crippen LogP contribution in [0.15, 0.2) is 18.2 Å². The summed E-state index contributed by atoms with van der Waals surface area (Å²) in [7, 11) is 1.61. The number of halogens is 3. The zero-order valence-electron chi connectivity index (χ0n) is 10.9. The molecule has 110 valence electrons. The van der Waals surface area contributed by atoms with Crippen LogP contribution in [0.2, 0.25) is 0 Å². The average Bonchev–Trinajstić information content (AvgIpc) is 2.37. The van der Waals surface area contributed by atoms with Gasteiger partial charge in [0.1, 0.15) is 5.75 Å². The summed E-state index contributed by atoms with van der Waals surface area (Å²) in [6, 6.07) is 4.57. The number of hydrogen-bond donors (Lipinski definition) is 2. The fourth-order valence-corrected chi connectivity index (χ4v) is 2.10. The molecule has 20 heavy (non-hydrogen) atoms. The largest absolute Gasteiger partial charge is 0.482 e. The first kappa shape index (κ1) is 14.6. The summed E-state index contributed by atoms with van der Waals surface area (Å²) in [6.45, 7) is -0.0458. The number of carbonyl (C=O) groups excluding carboxylic acids is 1. The molecular weight excluding hydrogens is 273 g/mol. The molecule has 1 atom stereocenters. The SMILES string of the molecule is CNC(CCC(F)(F)F)c1ccc2c(c1)NC(=O)CO2. The molecule has 0 radical (unpaired) electrons. The number of benzene rings is 1. The van der Waals surface area contributed by atoms with Gasteiger partial charge < -0.3 is 15.4 Å². The van der Waals surface area contributed by atoms with Gasteiger partial charge in [-0.3, -0.25) is 4.79 Å². The van der Waals surface area contributed by atoms with Crippen LogP contribution in [-0.4, -0.2) is 25.7 Å². The topological polar surface area (TPSA) is 50.4 Å². The highest BCUT2D eigenvalue weighted by Gasteiger charge is 2.28. The van der Waals surface area contributed by atoms with E-state index in [0.717, 1.165) is 0 Å². The highest BCUT2D eigenvalue weighted by molar-refractivity contribution is 5.95. The van der Waals surface area contributed by atoms with Gasteiger partial charge in [0, 0.05) is 12.5 Å². The zero-order valence-corrected chi connectivity index (χ0v) is 10.9. The van der Waals surface area contributed by atoms with Crippen molar-refractivity contribution in [1.29, 1.82) is 0 Å². The van der Waals surface area contributed by atoms with Gasteiger partial charge in [-0.25, -0.2) is 0 Å². The number of ether oxygens (including phenoxy) is 1. The number of alkyl halides is 3. The third kappa shape index (κ3) is 3.63. The maximum atomic E-state index is 12.3. The quantitative estimate of drug-likeness (QED) is 0.895. The standard InChI is InChI=1S/C13H15F3N2O2/c1-17-9(4-5-13(14,15)16)8-2-3-11-10(6-8)18-12(19)7-20-11/h2-3,6,9,17H,4-5,7H2,1H3,(H,18,19). The zero-order chi connectivity index (χ0) is 14.8. The van der Waals surface area contributed by atoms with Crippen LogP contribution < -0.4 is 15.4 Å². The Labute approximate surface area is 114 Å². The third-order valence-corrected chi connectivity index (χ3v) is 3.10. The molecule has 1 unspecified atom stereocenters. The number of amides is 1. The van der Waals surface area contributed by atoms with Crippen molar-refractivity contribution in [3.05, 3.63) is 23.8 Å². The van der Waals surface area contributed by atoms with Crippen LogP contribution in [0.3, 0.4) is 0 Å². The molecule has 0 aliphatic carbocycles. The Morgan fingerprint density at radius 1 is 1.45 bits per heavy atom. The number of hydrogen-bond acceptors (Lipinski definition) is 3. The van der Waals surface area contributed by atoms with Gasteiger partial charge in [0.25, 0.3) is 5.91 Å². The molecule has 1 amide bonds. The van der Waals surface area contributed by atoms with E-state index in [1.165, 1.54) is 0 Å². The van der Waals surface area contributed by atoms with E-state index in [1.54, 1.807) is 25.2 Å². The lowest BCUT2D eigenvalue weighted by atomic mass is 10.0. The molecule has 7 heteroatoms. The van der Waals surface area contributed by atoms with E-state index >= 15 is 0 Å². The lowest BCUT2D eigenvalue weighted by Gasteiger charge is -2.22. The van der Waals surface area contributed by atoms with Crippen molar-refractivity contribution in [2.75, 3.05) is 19.0 Å². The first-order valence-corrected chi connectivity index (χ1v) is 6.19. The van der Waals surface area contributed by atoms with Gasteiger partial charge in [-0.15, -0.1) is 0 Å². The molecule has 1 aliphatic heterocycles. The van der Waals surface area contributed by atoms with Crippen LogP contribution in [0.1, 0.15) is 24.4 Å². The normalized spacial score (nSPS) is 16.1. The van der Waals surface area contributed by atoms with Crippen molar-refractivity contribution in [3.63, 3.8) is 0 Å². The summed E-state index contributed by atoms with van der Waals surface area (Å²) in [6.07, 6.45) is -5.10. The minimum absolute atomic E-state index is 0.0458. The van der Waals surface area contributed by atoms with Crippen LogP contribution in [0.25, 0.3) is 0 Å². The predicted octanol–water partition coefficient (Wildman–Crippen LogP) is 2.62. The van der Waals surface area contributed by atoms with Crippen LogP contribution >= 0.6 is 0 Å². The molecule has 2 N–H and O–H groups in total. The Bertz CT molecular complexity index is 503. The van der Waals surface area contributed by atoms with Gasteiger partial charge in [-0.2, -0.15) is 13.2 Å². The van der Waals surface area contributed by atoms with E-state index in [-0.39, 0.29) is 18.9 Å². The second-order valence-corrected chi connectivity index (χ2v) is 4.59. The Hall–Kier alpha value is -1.76. The summed E-state index contributed by atoms with van der Waals surface area (Å²) < 4.78 is 42.1. The molecule has 1 aromatic rings. The number of carbonyl (C=O) groups is 1.